The Morgan fingerprint density at radius 1 is 1.11 bits per heavy atom. The quantitative estimate of drug-likeness (QED) is 0.251. The second-order valence-corrected chi connectivity index (χ2v) is 13.9. The Morgan fingerprint density at radius 3 is 2.72 bits per heavy atom. The Balaban J connectivity index is 1.21. The minimum atomic E-state index is -1.04. The second kappa shape index (κ2) is 11.1. The maximum Gasteiger partial charge on any atom is 0.404 e. The van der Waals surface area contributed by atoms with Crippen LogP contribution in [0.4, 0.5) is 4.79 Å². The monoisotopic (exact) mass is 620 g/mol. The summed E-state index contributed by atoms with van der Waals surface area (Å²) >= 11 is 0. The van der Waals surface area contributed by atoms with Crippen LogP contribution >= 0.6 is 0 Å². The van der Waals surface area contributed by atoms with Crippen molar-refractivity contribution in [1.29, 1.82) is 5.26 Å². The van der Waals surface area contributed by atoms with E-state index in [-0.39, 0.29) is 29.8 Å². The second-order valence-electron chi connectivity index (χ2n) is 13.9. The third-order valence-electron chi connectivity index (χ3n) is 11.2. The van der Waals surface area contributed by atoms with E-state index in [1.165, 1.54) is 29.3 Å². The highest BCUT2D eigenvalue weighted by Crippen LogP contribution is 2.44. The van der Waals surface area contributed by atoms with E-state index in [1.807, 2.05) is 18.0 Å². The molecule has 238 valence electrons. The number of nitrogens with zero attached hydrogens (tertiary/aromatic N) is 5. The van der Waals surface area contributed by atoms with Crippen molar-refractivity contribution >= 4 is 33.9 Å². The molecule has 5 atom stereocenters. The van der Waals surface area contributed by atoms with E-state index < -0.39 is 6.09 Å². The van der Waals surface area contributed by atoms with Crippen LogP contribution in [0.5, 0.6) is 5.75 Å². The molecule has 1 aliphatic heterocycles. The number of nitrogens with one attached hydrogen (secondary N) is 1. The number of fused-ring (bicyclic) bond motifs is 4. The smallest absolute Gasteiger partial charge is 0.404 e. The van der Waals surface area contributed by atoms with Gasteiger partial charge in [-0.2, -0.15) is 5.26 Å². The molecule has 10 nitrogen and oxygen atoms in total. The summed E-state index contributed by atoms with van der Waals surface area (Å²) < 4.78 is 10.4. The Hall–Kier alpha value is -4.52. The predicted molar refractivity (Wildman–Crippen MR) is 174 cm³/mol. The molecule has 3 aliphatic carbocycles. The van der Waals surface area contributed by atoms with E-state index >= 15 is 0 Å². The molecule has 2 N–H and O–H groups in total. The van der Waals surface area contributed by atoms with Gasteiger partial charge in [0.1, 0.15) is 11.3 Å². The zero-order valence-electron chi connectivity index (χ0n) is 26.4. The van der Waals surface area contributed by atoms with Crippen LogP contribution in [0.15, 0.2) is 36.4 Å². The van der Waals surface area contributed by atoms with Gasteiger partial charge in [0, 0.05) is 37.0 Å². The first kappa shape index (κ1) is 28.9. The maximum absolute atomic E-state index is 13.9. The summed E-state index contributed by atoms with van der Waals surface area (Å²) in [7, 11) is 3.63. The molecule has 2 unspecified atom stereocenters. The summed E-state index contributed by atoms with van der Waals surface area (Å²) in [6.07, 6.45) is 7.20. The lowest BCUT2D eigenvalue weighted by molar-refractivity contribution is 0.0697. The van der Waals surface area contributed by atoms with E-state index in [2.05, 4.69) is 44.8 Å². The molecule has 3 saturated carbocycles. The number of piperidine rings is 1. The van der Waals surface area contributed by atoms with Crippen molar-refractivity contribution in [3.63, 3.8) is 0 Å². The van der Waals surface area contributed by atoms with Crippen LogP contribution < -0.4 is 10.1 Å². The average molecular weight is 621 g/mol. The normalized spacial score (nSPS) is 25.7. The molecule has 3 heterocycles. The fourth-order valence-corrected chi connectivity index (χ4v) is 8.78. The number of aryl methyl sites for hydroxylation is 1. The van der Waals surface area contributed by atoms with Gasteiger partial charge in [-0.05, 0) is 86.5 Å². The van der Waals surface area contributed by atoms with E-state index in [0.717, 1.165) is 62.1 Å². The number of para-hydroxylation sites is 1. The van der Waals surface area contributed by atoms with Gasteiger partial charge in [-0.1, -0.05) is 24.6 Å². The first-order valence-corrected chi connectivity index (χ1v) is 16.7. The number of hydrogen-bond donors (Lipinski definition) is 2. The Bertz CT molecular complexity index is 1910. The van der Waals surface area contributed by atoms with Crippen LogP contribution in [-0.2, 0) is 13.6 Å². The number of carbonyl (C=O) groups excluding carboxylic acids is 1. The molecule has 0 radical (unpaired) electrons. The zero-order chi connectivity index (χ0) is 31.7. The first-order valence-electron chi connectivity index (χ1n) is 16.7. The van der Waals surface area contributed by atoms with Gasteiger partial charge >= 0.3 is 6.09 Å². The van der Waals surface area contributed by atoms with Gasteiger partial charge < -0.3 is 29.2 Å². The summed E-state index contributed by atoms with van der Waals surface area (Å²) in [6, 6.07) is 14.7. The van der Waals surface area contributed by atoms with Crippen molar-refractivity contribution in [2.75, 3.05) is 13.7 Å². The number of carboxylic acid groups (broad SMARTS) is 1. The van der Waals surface area contributed by atoms with Crippen LogP contribution in [0.25, 0.3) is 33.5 Å². The van der Waals surface area contributed by atoms with Crippen LogP contribution in [0, 0.1) is 29.1 Å². The number of carbonyl (C=O) groups is 2. The SMILES string of the molecule is COc1cc(C(=O)N2C[C@H]3CC[C@@H]2[C@@H]3NC(=O)O)cc2nc(-c3cc4cccc(C5CCCC(C#N)C5)c4n3CC3CC3)n(C)c12. The lowest BCUT2D eigenvalue weighted by atomic mass is 9.78. The van der Waals surface area contributed by atoms with E-state index in [1.54, 1.807) is 13.2 Å². The molecular formula is C36H40N6O4. The third kappa shape index (κ3) is 4.70. The largest absolute Gasteiger partial charge is 0.494 e. The molecule has 4 fully saturated rings. The first-order chi connectivity index (χ1) is 22.3. The Kier molecular flexibility index (Phi) is 6.96. The number of likely N-dealkylation sites (tertiary alicyclic amines) is 1. The molecule has 2 aromatic carbocycles. The van der Waals surface area contributed by atoms with E-state index in [4.69, 9.17) is 9.72 Å². The van der Waals surface area contributed by atoms with Crippen LogP contribution in [0.1, 0.15) is 73.2 Å². The van der Waals surface area contributed by atoms with Gasteiger partial charge in [-0.3, -0.25) is 4.79 Å². The molecule has 46 heavy (non-hydrogen) atoms. The van der Waals surface area contributed by atoms with Crippen LogP contribution in [0.2, 0.25) is 0 Å². The fraction of sp³-hybridized carbons (Fsp3) is 0.500. The number of hydrogen-bond acceptors (Lipinski definition) is 5. The lowest BCUT2D eigenvalue weighted by Crippen LogP contribution is -2.45. The van der Waals surface area contributed by atoms with Crippen molar-refractivity contribution in [2.24, 2.45) is 24.8 Å². The van der Waals surface area contributed by atoms with Crippen molar-refractivity contribution in [2.45, 2.75) is 75.9 Å². The highest BCUT2D eigenvalue weighted by atomic mass is 16.5. The van der Waals surface area contributed by atoms with Gasteiger partial charge in [0.25, 0.3) is 5.91 Å². The van der Waals surface area contributed by atoms with Crippen molar-refractivity contribution in [3.05, 3.63) is 47.5 Å². The fourth-order valence-electron chi connectivity index (χ4n) is 8.78. The summed E-state index contributed by atoms with van der Waals surface area (Å²) in [6.45, 7) is 1.47. The van der Waals surface area contributed by atoms with Gasteiger partial charge in [-0.15, -0.1) is 0 Å². The molecule has 4 aliphatic rings. The maximum atomic E-state index is 13.9. The van der Waals surface area contributed by atoms with Crippen LogP contribution in [-0.4, -0.2) is 61.9 Å². The Labute approximate surface area is 267 Å². The molecule has 4 aromatic rings. The number of amides is 2. The van der Waals surface area contributed by atoms with Gasteiger partial charge in [0.2, 0.25) is 0 Å². The van der Waals surface area contributed by atoms with Gasteiger partial charge in [0.05, 0.1) is 42.0 Å². The molecule has 2 aromatic heterocycles. The number of benzene rings is 2. The Morgan fingerprint density at radius 2 is 1.96 bits per heavy atom. The highest BCUT2D eigenvalue weighted by Gasteiger charge is 2.49. The minimum absolute atomic E-state index is 0.111. The summed E-state index contributed by atoms with van der Waals surface area (Å²) in [5.41, 5.74) is 5.67. The number of aromatic nitrogens is 3. The predicted octanol–water partition coefficient (Wildman–Crippen LogP) is 6.28. The molecule has 2 amide bonds. The summed E-state index contributed by atoms with van der Waals surface area (Å²) in [5, 5.41) is 22.9. The standard InChI is InChI=1S/C36H40N6O4/c1-40-33-27(14-25(16-30(33)46-2)35(43)42-19-24-11-12-28(42)31(24)39-36(44)45)38-34(40)29-15-23-7-4-8-26(22-6-3-5-21(13-22)17-37)32(23)41(29)18-20-9-10-20/h4,7-8,14-16,20-22,24,28,31,39H,3,5-6,9-13,18-19H2,1-2H3,(H,44,45)/t21?,22?,24-,28-,31-/m1/s1. The third-order valence-corrected chi connectivity index (χ3v) is 11.2. The molecule has 8 rings (SSSR count). The van der Waals surface area contributed by atoms with Crippen molar-refractivity contribution in [3.8, 4) is 23.3 Å². The molecule has 1 saturated heterocycles. The van der Waals surface area contributed by atoms with E-state index in [0.29, 0.717) is 35.2 Å². The molecule has 0 spiro atoms. The molecule has 2 bridgehead atoms. The van der Waals surface area contributed by atoms with Crippen LogP contribution in [0.3, 0.4) is 0 Å². The summed E-state index contributed by atoms with van der Waals surface area (Å²) in [5.74, 6) is 2.54. The topological polar surface area (TPSA) is 125 Å². The molecule has 10 heteroatoms. The number of nitriles is 1. The van der Waals surface area contributed by atoms with E-state index in [9.17, 15) is 20.0 Å². The number of imidazole rings is 1. The molecular weight excluding hydrogens is 580 g/mol. The highest BCUT2D eigenvalue weighted by molar-refractivity contribution is 6.00. The zero-order valence-corrected chi connectivity index (χ0v) is 26.4. The van der Waals surface area contributed by atoms with Gasteiger partial charge in [-0.25, -0.2) is 9.78 Å². The van der Waals surface area contributed by atoms with Crippen molar-refractivity contribution < 1.29 is 19.4 Å². The average Bonchev–Trinajstić information content (AvgIpc) is 3.40. The van der Waals surface area contributed by atoms with Gasteiger partial charge in [0.15, 0.2) is 5.82 Å². The number of ether oxygens (including phenoxy) is 1. The number of rotatable bonds is 7. The number of methoxy groups -OCH3 is 1. The lowest BCUT2D eigenvalue weighted by Gasteiger charge is -2.27. The van der Waals surface area contributed by atoms with Crippen molar-refractivity contribution in [1.82, 2.24) is 24.3 Å². The minimum Gasteiger partial charge on any atom is -0.494 e. The summed E-state index contributed by atoms with van der Waals surface area (Å²) in [4.78, 5) is 32.3.